The average Bonchev–Trinajstić information content (AvgIpc) is 3.11. The quantitative estimate of drug-likeness (QED) is 0.734. The van der Waals surface area contributed by atoms with Crippen LogP contribution in [0.25, 0.3) is 0 Å². The second kappa shape index (κ2) is 7.74. The van der Waals surface area contributed by atoms with Gasteiger partial charge in [-0.2, -0.15) is 0 Å². The summed E-state index contributed by atoms with van der Waals surface area (Å²) in [5.41, 5.74) is 0. The average molecular weight is 284 g/mol. The van der Waals surface area contributed by atoms with Crippen LogP contribution in [0.5, 0.6) is 0 Å². The van der Waals surface area contributed by atoms with Crippen molar-refractivity contribution in [3.8, 4) is 0 Å². The van der Waals surface area contributed by atoms with E-state index in [0.717, 1.165) is 38.6 Å². The number of hydrogen-bond donors (Lipinski definition) is 1. The van der Waals surface area contributed by atoms with E-state index < -0.39 is 0 Å². The van der Waals surface area contributed by atoms with E-state index >= 15 is 0 Å². The summed E-state index contributed by atoms with van der Waals surface area (Å²) >= 11 is 0. The van der Waals surface area contributed by atoms with Crippen molar-refractivity contribution in [3.63, 3.8) is 0 Å². The molecule has 118 valence electrons. The van der Waals surface area contributed by atoms with Gasteiger partial charge in [0.2, 0.25) is 0 Å². The molecule has 4 nitrogen and oxygen atoms in total. The van der Waals surface area contributed by atoms with Gasteiger partial charge in [-0.25, -0.2) is 0 Å². The molecule has 3 unspecified atom stereocenters. The van der Waals surface area contributed by atoms with E-state index in [1.807, 2.05) is 0 Å². The predicted molar refractivity (Wildman–Crippen MR) is 81.9 cm³/mol. The van der Waals surface area contributed by atoms with Crippen molar-refractivity contribution >= 4 is 0 Å². The molecule has 0 radical (unpaired) electrons. The fourth-order valence-corrected chi connectivity index (χ4v) is 3.33. The van der Waals surface area contributed by atoms with Crippen LogP contribution < -0.4 is 0 Å². The lowest BCUT2D eigenvalue weighted by Crippen LogP contribution is -2.49. The molecule has 1 N–H and O–H groups in total. The van der Waals surface area contributed by atoms with Crippen LogP contribution in [0.1, 0.15) is 40.0 Å². The van der Waals surface area contributed by atoms with E-state index in [9.17, 15) is 5.11 Å². The molecule has 20 heavy (non-hydrogen) atoms. The Morgan fingerprint density at radius 2 is 1.90 bits per heavy atom. The number of ether oxygens (including phenoxy) is 1. The first kappa shape index (κ1) is 16.2. The van der Waals surface area contributed by atoms with Gasteiger partial charge in [0.15, 0.2) is 0 Å². The van der Waals surface area contributed by atoms with Gasteiger partial charge in [0, 0.05) is 32.7 Å². The molecule has 0 spiro atoms. The molecule has 2 fully saturated rings. The zero-order valence-electron chi connectivity index (χ0n) is 13.4. The molecule has 1 saturated heterocycles. The summed E-state index contributed by atoms with van der Waals surface area (Å²) in [4.78, 5) is 4.81. The third-order valence-electron chi connectivity index (χ3n) is 4.19. The monoisotopic (exact) mass is 284 g/mol. The maximum absolute atomic E-state index is 10.4. The Hall–Kier alpha value is -0.160. The van der Waals surface area contributed by atoms with Crippen LogP contribution in [0.4, 0.5) is 0 Å². The topological polar surface area (TPSA) is 35.9 Å². The zero-order chi connectivity index (χ0) is 14.5. The molecule has 1 aliphatic heterocycles. The van der Waals surface area contributed by atoms with Crippen LogP contribution in [-0.4, -0.2) is 72.5 Å². The first-order valence-electron chi connectivity index (χ1n) is 8.35. The number of morpholine rings is 1. The molecule has 0 bridgehead atoms. The molecular formula is C16H32N2O2. The summed E-state index contributed by atoms with van der Waals surface area (Å²) in [7, 11) is 0. The summed E-state index contributed by atoms with van der Waals surface area (Å²) in [5.74, 6) is 0.900. The maximum Gasteiger partial charge on any atom is 0.0793 e. The fraction of sp³-hybridized carbons (Fsp3) is 1.00. The van der Waals surface area contributed by atoms with Crippen molar-refractivity contribution in [2.45, 2.75) is 58.3 Å². The van der Waals surface area contributed by atoms with Crippen LogP contribution in [0.2, 0.25) is 0 Å². The third kappa shape index (κ3) is 5.68. The van der Waals surface area contributed by atoms with Gasteiger partial charge in [-0.15, -0.1) is 0 Å². The summed E-state index contributed by atoms with van der Waals surface area (Å²) in [5, 5.41) is 10.4. The minimum atomic E-state index is -0.238. The SMILES string of the molecule is CCCN(CC(O)CN1CC(C)OC(C)C1)CC1CC1. The Labute approximate surface area is 124 Å². The molecular weight excluding hydrogens is 252 g/mol. The van der Waals surface area contributed by atoms with Crippen LogP contribution in [0, 0.1) is 5.92 Å². The molecule has 0 amide bonds. The van der Waals surface area contributed by atoms with Gasteiger partial charge in [-0.3, -0.25) is 4.90 Å². The van der Waals surface area contributed by atoms with Crippen molar-refractivity contribution < 1.29 is 9.84 Å². The number of nitrogens with zero attached hydrogens (tertiary/aromatic N) is 2. The molecule has 0 aromatic heterocycles. The highest BCUT2D eigenvalue weighted by molar-refractivity contribution is 4.80. The van der Waals surface area contributed by atoms with Gasteiger partial charge < -0.3 is 14.7 Å². The van der Waals surface area contributed by atoms with Crippen molar-refractivity contribution in [1.82, 2.24) is 9.80 Å². The predicted octanol–water partition coefficient (Wildman–Crippen LogP) is 1.58. The summed E-state index contributed by atoms with van der Waals surface area (Å²) in [6.07, 6.45) is 4.26. The number of hydrogen-bond acceptors (Lipinski definition) is 4. The lowest BCUT2D eigenvalue weighted by atomic mass is 10.2. The number of aliphatic hydroxyl groups excluding tert-OH is 1. The van der Waals surface area contributed by atoms with E-state index in [1.54, 1.807) is 0 Å². The van der Waals surface area contributed by atoms with Crippen molar-refractivity contribution in [3.05, 3.63) is 0 Å². The van der Waals surface area contributed by atoms with E-state index in [-0.39, 0.29) is 18.3 Å². The smallest absolute Gasteiger partial charge is 0.0793 e. The van der Waals surface area contributed by atoms with Crippen LogP contribution >= 0.6 is 0 Å². The summed E-state index contributed by atoms with van der Waals surface area (Å²) in [6.45, 7) is 12.2. The molecule has 0 aromatic rings. The Bertz CT molecular complexity index is 267. The van der Waals surface area contributed by atoms with Crippen LogP contribution in [-0.2, 0) is 4.74 Å². The maximum atomic E-state index is 10.4. The first-order chi connectivity index (χ1) is 9.56. The second-order valence-corrected chi connectivity index (χ2v) is 6.83. The van der Waals surface area contributed by atoms with Crippen LogP contribution in [0.15, 0.2) is 0 Å². The lowest BCUT2D eigenvalue weighted by Gasteiger charge is -2.37. The van der Waals surface area contributed by atoms with E-state index in [4.69, 9.17) is 4.74 Å². The van der Waals surface area contributed by atoms with Gasteiger partial charge in [0.1, 0.15) is 0 Å². The Kier molecular flexibility index (Phi) is 6.27. The van der Waals surface area contributed by atoms with Gasteiger partial charge in [0.25, 0.3) is 0 Å². The standard InChI is InChI=1S/C16H32N2O2/c1-4-7-17(10-15-5-6-15)11-16(19)12-18-8-13(2)20-14(3)9-18/h13-16,19H,4-12H2,1-3H3. The Morgan fingerprint density at radius 3 is 2.45 bits per heavy atom. The minimum absolute atomic E-state index is 0.238. The van der Waals surface area contributed by atoms with E-state index in [0.29, 0.717) is 0 Å². The van der Waals surface area contributed by atoms with E-state index in [2.05, 4.69) is 30.6 Å². The van der Waals surface area contributed by atoms with Crippen LogP contribution in [0.3, 0.4) is 0 Å². The normalized spacial score (nSPS) is 29.9. The van der Waals surface area contributed by atoms with Gasteiger partial charge in [-0.1, -0.05) is 6.92 Å². The molecule has 1 saturated carbocycles. The number of β-amino-alcohol motifs (C(OH)–C–C–N with tert-alkyl or cyclic N) is 1. The van der Waals surface area contributed by atoms with Gasteiger partial charge >= 0.3 is 0 Å². The fourth-order valence-electron chi connectivity index (χ4n) is 3.33. The Morgan fingerprint density at radius 1 is 1.25 bits per heavy atom. The molecule has 2 rings (SSSR count). The van der Waals surface area contributed by atoms with E-state index in [1.165, 1.54) is 25.8 Å². The molecule has 4 heteroatoms. The largest absolute Gasteiger partial charge is 0.390 e. The molecule has 3 atom stereocenters. The second-order valence-electron chi connectivity index (χ2n) is 6.83. The van der Waals surface area contributed by atoms with Crippen molar-refractivity contribution in [2.24, 2.45) is 5.92 Å². The molecule has 2 aliphatic rings. The molecule has 1 heterocycles. The highest BCUT2D eigenvalue weighted by Crippen LogP contribution is 2.29. The highest BCUT2D eigenvalue weighted by Gasteiger charge is 2.27. The van der Waals surface area contributed by atoms with Crippen molar-refractivity contribution in [1.29, 1.82) is 0 Å². The number of aliphatic hydroxyl groups is 1. The summed E-state index contributed by atoms with van der Waals surface area (Å²) < 4.78 is 5.74. The first-order valence-corrected chi connectivity index (χ1v) is 8.35. The Balaban J connectivity index is 1.72. The molecule has 0 aromatic carbocycles. The highest BCUT2D eigenvalue weighted by atomic mass is 16.5. The van der Waals surface area contributed by atoms with Gasteiger partial charge in [-0.05, 0) is 45.6 Å². The summed E-state index contributed by atoms with van der Waals surface area (Å²) in [6, 6.07) is 0. The number of rotatable bonds is 8. The third-order valence-corrected chi connectivity index (χ3v) is 4.19. The van der Waals surface area contributed by atoms with Crippen molar-refractivity contribution in [2.75, 3.05) is 39.3 Å². The van der Waals surface area contributed by atoms with Gasteiger partial charge in [0.05, 0.1) is 18.3 Å². The minimum Gasteiger partial charge on any atom is -0.390 e. The zero-order valence-corrected chi connectivity index (χ0v) is 13.4. The molecule has 1 aliphatic carbocycles. The lowest BCUT2D eigenvalue weighted by molar-refractivity contribution is -0.0780.